The van der Waals surface area contributed by atoms with Crippen LogP contribution in [0.1, 0.15) is 15.9 Å². The lowest BCUT2D eigenvalue weighted by molar-refractivity contribution is -0.117. The van der Waals surface area contributed by atoms with Crippen molar-refractivity contribution in [1.29, 1.82) is 0 Å². The van der Waals surface area contributed by atoms with E-state index in [1.807, 2.05) is 5.43 Å². The predicted molar refractivity (Wildman–Crippen MR) is 87.2 cm³/mol. The fraction of sp³-hybridized carbons (Fsp3) is 0.0588. The lowest BCUT2D eigenvalue weighted by Gasteiger charge is -2.09. The molecule has 0 aromatic heterocycles. The second kappa shape index (κ2) is 7.77. The molecule has 2 aromatic rings. The molecule has 2 amide bonds. The van der Waals surface area contributed by atoms with Crippen LogP contribution in [0.4, 0.5) is 0 Å². The quantitative estimate of drug-likeness (QED) is 0.337. The van der Waals surface area contributed by atoms with Crippen molar-refractivity contribution in [1.82, 2.24) is 10.7 Å². The summed E-state index contributed by atoms with van der Waals surface area (Å²) in [6.45, 7) is 0. The van der Waals surface area contributed by atoms with Gasteiger partial charge in [-0.05, 0) is 35.9 Å². The van der Waals surface area contributed by atoms with Crippen molar-refractivity contribution in [2.24, 2.45) is 5.84 Å². The van der Waals surface area contributed by atoms with Crippen LogP contribution in [0.5, 0.6) is 5.75 Å². The number of carbonyl (C=O) groups excluding carboxylic acids is 2. The summed E-state index contributed by atoms with van der Waals surface area (Å²) in [5.41, 5.74) is 3.23. The number of methoxy groups -OCH3 is 1. The molecule has 0 aliphatic rings. The van der Waals surface area contributed by atoms with Crippen LogP contribution in [0, 0.1) is 0 Å². The topological polar surface area (TPSA) is 93.4 Å². The predicted octanol–water partition coefficient (Wildman–Crippen LogP) is 1.46. The maximum Gasteiger partial charge on any atom is 0.281 e. The van der Waals surface area contributed by atoms with Gasteiger partial charge in [-0.1, -0.05) is 30.3 Å². The molecule has 0 aliphatic heterocycles. The molecule has 0 bridgehead atoms. The first-order valence-corrected chi connectivity index (χ1v) is 6.87. The fourth-order valence-corrected chi connectivity index (χ4v) is 1.89. The molecule has 6 heteroatoms. The van der Waals surface area contributed by atoms with Gasteiger partial charge in [-0.25, -0.2) is 5.84 Å². The summed E-state index contributed by atoms with van der Waals surface area (Å²) >= 11 is 0. The van der Waals surface area contributed by atoms with E-state index in [0.29, 0.717) is 11.3 Å². The fourth-order valence-electron chi connectivity index (χ4n) is 1.89. The van der Waals surface area contributed by atoms with Crippen molar-refractivity contribution in [2.75, 3.05) is 7.11 Å². The van der Waals surface area contributed by atoms with Gasteiger partial charge in [0.15, 0.2) is 0 Å². The second-order valence-electron chi connectivity index (χ2n) is 4.62. The minimum Gasteiger partial charge on any atom is -0.497 e. The van der Waals surface area contributed by atoms with Crippen LogP contribution in [-0.4, -0.2) is 18.9 Å². The largest absolute Gasteiger partial charge is 0.497 e. The molecule has 0 heterocycles. The highest BCUT2D eigenvalue weighted by Crippen LogP contribution is 2.13. The maximum atomic E-state index is 12.2. The second-order valence-corrected chi connectivity index (χ2v) is 4.62. The van der Waals surface area contributed by atoms with Crippen LogP contribution in [0.15, 0.2) is 60.3 Å². The SMILES string of the molecule is COc1ccc(C=C(NC(=O)c2ccccc2)C(=O)NN)cc1. The van der Waals surface area contributed by atoms with Crippen molar-refractivity contribution in [3.63, 3.8) is 0 Å². The molecule has 0 fully saturated rings. The molecule has 23 heavy (non-hydrogen) atoms. The minimum atomic E-state index is -0.593. The van der Waals surface area contributed by atoms with Crippen LogP contribution in [-0.2, 0) is 4.79 Å². The standard InChI is InChI=1S/C17H17N3O3/c1-23-14-9-7-12(8-10-14)11-15(17(22)20-18)19-16(21)13-5-3-2-4-6-13/h2-11H,18H2,1H3,(H,19,21)(H,20,22). The molecule has 0 radical (unpaired) electrons. The molecule has 118 valence electrons. The summed E-state index contributed by atoms with van der Waals surface area (Å²) in [7, 11) is 1.57. The Labute approximate surface area is 133 Å². The molecule has 0 atom stereocenters. The zero-order valence-corrected chi connectivity index (χ0v) is 12.6. The van der Waals surface area contributed by atoms with Crippen LogP contribution in [0.25, 0.3) is 6.08 Å². The summed E-state index contributed by atoms with van der Waals surface area (Å²) in [5.74, 6) is 4.88. The summed E-state index contributed by atoms with van der Waals surface area (Å²) < 4.78 is 5.08. The normalized spacial score (nSPS) is 10.8. The molecule has 6 nitrogen and oxygen atoms in total. The lowest BCUT2D eigenvalue weighted by atomic mass is 10.1. The van der Waals surface area contributed by atoms with E-state index in [1.165, 1.54) is 6.08 Å². The smallest absolute Gasteiger partial charge is 0.281 e. The molecule has 2 aromatic carbocycles. The average Bonchev–Trinajstić information content (AvgIpc) is 2.61. The van der Waals surface area contributed by atoms with Crippen LogP contribution >= 0.6 is 0 Å². The zero-order valence-electron chi connectivity index (χ0n) is 12.6. The number of nitrogens with two attached hydrogens (primary N) is 1. The first kappa shape index (κ1) is 16.3. The molecular weight excluding hydrogens is 294 g/mol. The van der Waals surface area contributed by atoms with E-state index in [4.69, 9.17) is 10.6 Å². The number of hydrazine groups is 1. The van der Waals surface area contributed by atoms with Gasteiger partial charge >= 0.3 is 0 Å². The van der Waals surface area contributed by atoms with E-state index in [-0.39, 0.29) is 5.70 Å². The Hall–Kier alpha value is -3.12. The summed E-state index contributed by atoms with van der Waals surface area (Å²) in [5, 5.41) is 2.56. The number of rotatable bonds is 5. The van der Waals surface area contributed by atoms with Gasteiger partial charge in [-0.3, -0.25) is 15.0 Å². The first-order valence-electron chi connectivity index (χ1n) is 6.87. The number of carbonyl (C=O) groups is 2. The molecule has 2 rings (SSSR count). The van der Waals surface area contributed by atoms with Gasteiger partial charge in [-0.15, -0.1) is 0 Å². The van der Waals surface area contributed by atoms with E-state index in [0.717, 1.165) is 5.56 Å². The van der Waals surface area contributed by atoms with Gasteiger partial charge < -0.3 is 10.1 Å². The van der Waals surface area contributed by atoms with Gasteiger partial charge in [0.2, 0.25) is 0 Å². The van der Waals surface area contributed by atoms with Gasteiger partial charge in [0, 0.05) is 5.56 Å². The summed E-state index contributed by atoms with van der Waals surface area (Å²) in [4.78, 5) is 24.0. The number of benzene rings is 2. The average molecular weight is 311 g/mol. The number of nitrogens with one attached hydrogen (secondary N) is 2. The zero-order chi connectivity index (χ0) is 16.7. The number of hydrogen-bond donors (Lipinski definition) is 3. The van der Waals surface area contributed by atoms with Gasteiger partial charge in [0.05, 0.1) is 7.11 Å². The number of hydrogen-bond acceptors (Lipinski definition) is 4. The van der Waals surface area contributed by atoms with Crippen molar-refractivity contribution in [3.8, 4) is 5.75 Å². The van der Waals surface area contributed by atoms with Crippen molar-refractivity contribution >= 4 is 17.9 Å². The highest BCUT2D eigenvalue weighted by atomic mass is 16.5. The van der Waals surface area contributed by atoms with E-state index >= 15 is 0 Å². The van der Waals surface area contributed by atoms with Crippen molar-refractivity contribution in [2.45, 2.75) is 0 Å². The van der Waals surface area contributed by atoms with Crippen molar-refractivity contribution < 1.29 is 14.3 Å². The Morgan fingerprint density at radius 3 is 2.26 bits per heavy atom. The van der Waals surface area contributed by atoms with Gasteiger partial charge in [0.25, 0.3) is 11.8 Å². The molecule has 0 spiro atoms. The Kier molecular flexibility index (Phi) is 5.49. The highest BCUT2D eigenvalue weighted by molar-refractivity contribution is 6.05. The molecular formula is C17H17N3O3. The third kappa shape index (κ3) is 4.42. The Balaban J connectivity index is 2.24. The van der Waals surface area contributed by atoms with Gasteiger partial charge in [0.1, 0.15) is 11.4 Å². The lowest BCUT2D eigenvalue weighted by Crippen LogP contribution is -2.38. The third-order valence-corrected chi connectivity index (χ3v) is 3.09. The molecule has 4 N–H and O–H groups in total. The van der Waals surface area contributed by atoms with E-state index in [9.17, 15) is 9.59 Å². The Morgan fingerprint density at radius 1 is 1.04 bits per heavy atom. The van der Waals surface area contributed by atoms with Gasteiger partial charge in [-0.2, -0.15) is 0 Å². The van der Waals surface area contributed by atoms with Crippen LogP contribution in [0.3, 0.4) is 0 Å². The minimum absolute atomic E-state index is 0.0477. The van der Waals surface area contributed by atoms with E-state index in [2.05, 4.69) is 5.32 Å². The molecule has 0 aliphatic carbocycles. The molecule has 0 saturated heterocycles. The Morgan fingerprint density at radius 2 is 1.70 bits per heavy atom. The van der Waals surface area contributed by atoms with Crippen LogP contribution in [0.2, 0.25) is 0 Å². The van der Waals surface area contributed by atoms with E-state index in [1.54, 1.807) is 61.7 Å². The Bertz CT molecular complexity index is 710. The maximum absolute atomic E-state index is 12.2. The highest BCUT2D eigenvalue weighted by Gasteiger charge is 2.13. The van der Waals surface area contributed by atoms with Crippen molar-refractivity contribution in [3.05, 3.63) is 71.4 Å². The number of ether oxygens (including phenoxy) is 1. The third-order valence-electron chi connectivity index (χ3n) is 3.09. The summed E-state index contributed by atoms with van der Waals surface area (Å²) in [6, 6.07) is 15.6. The monoisotopic (exact) mass is 311 g/mol. The molecule has 0 unspecified atom stereocenters. The van der Waals surface area contributed by atoms with Crippen LogP contribution < -0.4 is 21.3 Å². The number of amides is 2. The molecule has 0 saturated carbocycles. The summed E-state index contributed by atoms with van der Waals surface area (Å²) in [6.07, 6.45) is 1.53. The first-order chi connectivity index (χ1) is 11.1. The van der Waals surface area contributed by atoms with E-state index < -0.39 is 11.8 Å².